The topological polar surface area (TPSA) is 59.2 Å². The molecule has 0 spiro atoms. The standard InChI is InChI=1S/C25H18BrNO3/c1-30-19-9-5-6-16(14-19)10-13-22(28)24-23(17-7-3-2-4-8-17)20-15-18(26)11-12-21(20)27-25(24)29/h2-15H,1H3,(H,27,29)/b13-10+. The van der Waals surface area contributed by atoms with Crippen molar-refractivity contribution in [1.82, 2.24) is 4.98 Å². The van der Waals surface area contributed by atoms with Gasteiger partial charge in [0.15, 0.2) is 5.78 Å². The Kier molecular flexibility index (Phi) is 5.63. The number of aromatic nitrogens is 1. The second-order valence-corrected chi connectivity index (χ2v) is 7.65. The Morgan fingerprint density at radius 2 is 1.80 bits per heavy atom. The van der Waals surface area contributed by atoms with Crippen LogP contribution in [-0.2, 0) is 0 Å². The first-order valence-corrected chi connectivity index (χ1v) is 10.1. The normalized spacial score (nSPS) is 11.1. The third-order valence-electron chi connectivity index (χ3n) is 4.81. The van der Waals surface area contributed by atoms with E-state index in [1.807, 2.05) is 72.8 Å². The molecule has 4 aromatic rings. The van der Waals surface area contributed by atoms with Gasteiger partial charge in [0.25, 0.3) is 5.56 Å². The van der Waals surface area contributed by atoms with E-state index in [2.05, 4.69) is 20.9 Å². The predicted molar refractivity (Wildman–Crippen MR) is 124 cm³/mol. The quantitative estimate of drug-likeness (QED) is 0.300. The Labute approximate surface area is 182 Å². The molecule has 0 aliphatic rings. The lowest BCUT2D eigenvalue weighted by Crippen LogP contribution is -2.18. The van der Waals surface area contributed by atoms with Crippen molar-refractivity contribution in [1.29, 1.82) is 0 Å². The van der Waals surface area contributed by atoms with Crippen LogP contribution in [0.25, 0.3) is 28.1 Å². The number of carbonyl (C=O) groups is 1. The van der Waals surface area contributed by atoms with Gasteiger partial charge in [0.2, 0.25) is 0 Å². The molecule has 0 aliphatic carbocycles. The molecule has 0 atom stereocenters. The third-order valence-corrected chi connectivity index (χ3v) is 5.30. The number of hydrogen-bond acceptors (Lipinski definition) is 3. The number of fused-ring (bicyclic) bond motifs is 1. The summed E-state index contributed by atoms with van der Waals surface area (Å²) in [5.74, 6) is 0.336. The van der Waals surface area contributed by atoms with Crippen molar-refractivity contribution in [3.63, 3.8) is 0 Å². The van der Waals surface area contributed by atoms with Gasteiger partial charge in [-0.2, -0.15) is 0 Å². The summed E-state index contributed by atoms with van der Waals surface area (Å²) in [6.45, 7) is 0. The van der Waals surface area contributed by atoms with Crippen molar-refractivity contribution in [3.8, 4) is 16.9 Å². The summed E-state index contributed by atoms with van der Waals surface area (Å²) in [6.07, 6.45) is 3.11. The fourth-order valence-corrected chi connectivity index (χ4v) is 3.77. The van der Waals surface area contributed by atoms with E-state index in [1.54, 1.807) is 13.2 Å². The first-order valence-electron chi connectivity index (χ1n) is 9.34. The summed E-state index contributed by atoms with van der Waals surface area (Å²) < 4.78 is 6.09. The maximum absolute atomic E-state index is 13.2. The molecule has 4 nitrogen and oxygen atoms in total. The van der Waals surface area contributed by atoms with Gasteiger partial charge in [-0.1, -0.05) is 64.5 Å². The zero-order chi connectivity index (χ0) is 21.1. The van der Waals surface area contributed by atoms with Crippen LogP contribution in [0.1, 0.15) is 15.9 Å². The van der Waals surface area contributed by atoms with E-state index in [1.165, 1.54) is 6.08 Å². The lowest BCUT2D eigenvalue weighted by molar-refractivity contribution is 0.104. The Morgan fingerprint density at radius 1 is 1.00 bits per heavy atom. The summed E-state index contributed by atoms with van der Waals surface area (Å²) in [4.78, 5) is 28.9. The summed E-state index contributed by atoms with van der Waals surface area (Å²) in [5, 5.41) is 0.799. The number of methoxy groups -OCH3 is 1. The van der Waals surface area contributed by atoms with E-state index < -0.39 is 5.56 Å². The van der Waals surface area contributed by atoms with Crippen molar-refractivity contribution in [3.05, 3.63) is 105 Å². The Hall–Kier alpha value is -3.44. The first kappa shape index (κ1) is 19.9. The minimum Gasteiger partial charge on any atom is -0.497 e. The van der Waals surface area contributed by atoms with Crippen molar-refractivity contribution in [2.45, 2.75) is 0 Å². The molecule has 0 unspecified atom stereocenters. The maximum atomic E-state index is 13.2. The number of allylic oxidation sites excluding steroid dienone is 1. The number of ether oxygens (including phenoxy) is 1. The van der Waals surface area contributed by atoms with Gasteiger partial charge in [0.05, 0.1) is 12.7 Å². The molecule has 0 radical (unpaired) electrons. The van der Waals surface area contributed by atoms with E-state index in [0.29, 0.717) is 16.8 Å². The highest BCUT2D eigenvalue weighted by molar-refractivity contribution is 9.10. The van der Waals surface area contributed by atoms with Crippen LogP contribution < -0.4 is 10.3 Å². The number of nitrogens with one attached hydrogen (secondary N) is 1. The lowest BCUT2D eigenvalue weighted by Gasteiger charge is -2.12. The van der Waals surface area contributed by atoms with E-state index in [4.69, 9.17) is 4.74 Å². The summed E-state index contributed by atoms with van der Waals surface area (Å²) >= 11 is 3.49. The van der Waals surface area contributed by atoms with Crippen LogP contribution in [0, 0.1) is 0 Å². The largest absolute Gasteiger partial charge is 0.497 e. The molecule has 1 aromatic heterocycles. The summed E-state index contributed by atoms with van der Waals surface area (Å²) in [6, 6.07) is 22.4. The fourth-order valence-electron chi connectivity index (χ4n) is 3.41. The highest BCUT2D eigenvalue weighted by atomic mass is 79.9. The molecule has 0 bridgehead atoms. The molecule has 0 aliphatic heterocycles. The molecule has 0 amide bonds. The Balaban J connectivity index is 1.89. The summed E-state index contributed by atoms with van der Waals surface area (Å²) in [7, 11) is 1.59. The van der Waals surface area contributed by atoms with Crippen molar-refractivity contribution < 1.29 is 9.53 Å². The SMILES string of the molecule is COc1cccc(/C=C/C(=O)c2c(-c3ccccc3)c3cc(Br)ccc3[nH]c2=O)c1. The van der Waals surface area contributed by atoms with Gasteiger partial charge in [-0.15, -0.1) is 0 Å². The number of halogens is 1. The molecule has 0 fully saturated rings. The minimum absolute atomic E-state index is 0.117. The molecule has 148 valence electrons. The van der Waals surface area contributed by atoms with Gasteiger partial charge >= 0.3 is 0 Å². The van der Waals surface area contributed by atoms with Crippen LogP contribution in [0.15, 0.2) is 88.1 Å². The molecule has 0 saturated heterocycles. The molecule has 1 heterocycles. The van der Waals surface area contributed by atoms with Gasteiger partial charge in [-0.25, -0.2) is 0 Å². The van der Waals surface area contributed by atoms with Gasteiger partial charge in [-0.05, 0) is 47.5 Å². The number of hydrogen-bond donors (Lipinski definition) is 1. The molecule has 1 N–H and O–H groups in total. The first-order chi connectivity index (χ1) is 14.6. The molecular weight excluding hydrogens is 442 g/mol. The smallest absolute Gasteiger partial charge is 0.260 e. The highest BCUT2D eigenvalue weighted by Crippen LogP contribution is 2.31. The van der Waals surface area contributed by atoms with Crippen LogP contribution in [0.3, 0.4) is 0 Å². The zero-order valence-corrected chi connectivity index (χ0v) is 17.8. The van der Waals surface area contributed by atoms with E-state index in [9.17, 15) is 9.59 Å². The average molecular weight is 460 g/mol. The van der Waals surface area contributed by atoms with Crippen LogP contribution in [0.4, 0.5) is 0 Å². The van der Waals surface area contributed by atoms with Crippen LogP contribution in [-0.4, -0.2) is 17.9 Å². The van der Waals surface area contributed by atoms with Crippen LogP contribution >= 0.6 is 15.9 Å². The van der Waals surface area contributed by atoms with Crippen LogP contribution in [0.5, 0.6) is 5.75 Å². The zero-order valence-electron chi connectivity index (χ0n) is 16.2. The van der Waals surface area contributed by atoms with Crippen molar-refractivity contribution in [2.24, 2.45) is 0 Å². The van der Waals surface area contributed by atoms with Gasteiger partial charge < -0.3 is 9.72 Å². The molecule has 30 heavy (non-hydrogen) atoms. The van der Waals surface area contributed by atoms with Gasteiger partial charge in [-0.3, -0.25) is 9.59 Å². The van der Waals surface area contributed by atoms with Crippen molar-refractivity contribution in [2.75, 3.05) is 7.11 Å². The maximum Gasteiger partial charge on any atom is 0.260 e. The number of pyridine rings is 1. The number of rotatable bonds is 5. The number of ketones is 1. The number of H-pyrrole nitrogens is 1. The fraction of sp³-hybridized carbons (Fsp3) is 0.0400. The highest BCUT2D eigenvalue weighted by Gasteiger charge is 2.19. The van der Waals surface area contributed by atoms with Gasteiger partial charge in [0.1, 0.15) is 5.75 Å². The van der Waals surface area contributed by atoms with Crippen LogP contribution in [0.2, 0.25) is 0 Å². The monoisotopic (exact) mass is 459 g/mol. The molecule has 4 rings (SSSR count). The summed E-state index contributed by atoms with van der Waals surface area (Å²) in [5.41, 5.74) is 2.62. The minimum atomic E-state index is -0.413. The Morgan fingerprint density at radius 3 is 2.57 bits per heavy atom. The van der Waals surface area contributed by atoms with E-state index in [-0.39, 0.29) is 11.3 Å². The molecular formula is C25H18BrNO3. The lowest BCUT2D eigenvalue weighted by atomic mass is 9.94. The van der Waals surface area contributed by atoms with E-state index in [0.717, 1.165) is 21.0 Å². The molecule has 3 aromatic carbocycles. The number of benzene rings is 3. The third kappa shape index (κ3) is 3.98. The van der Waals surface area contributed by atoms with E-state index >= 15 is 0 Å². The number of carbonyl (C=O) groups excluding carboxylic acids is 1. The second-order valence-electron chi connectivity index (χ2n) is 6.73. The van der Waals surface area contributed by atoms with Crippen molar-refractivity contribution >= 4 is 38.7 Å². The predicted octanol–water partition coefficient (Wildman–Crippen LogP) is 5.86. The second kappa shape index (κ2) is 8.51. The molecule has 0 saturated carbocycles. The van der Waals surface area contributed by atoms with Gasteiger partial charge in [0, 0.05) is 20.9 Å². The number of aromatic amines is 1. The Bertz CT molecular complexity index is 1320. The average Bonchev–Trinajstić information content (AvgIpc) is 2.77. The molecule has 5 heteroatoms.